The van der Waals surface area contributed by atoms with Crippen LogP contribution < -0.4 is 0 Å². The minimum Gasteiger partial charge on any atom is -0.508 e. The van der Waals surface area contributed by atoms with Gasteiger partial charge in [-0.15, -0.1) is 0 Å². The lowest BCUT2D eigenvalue weighted by Crippen LogP contribution is -2.40. The number of carbonyl (C=O) groups is 2. The Morgan fingerprint density at radius 1 is 1.40 bits per heavy atom. The summed E-state index contributed by atoms with van der Waals surface area (Å²) in [4.78, 5) is 24.9. The molecule has 0 spiro atoms. The van der Waals surface area contributed by atoms with Gasteiger partial charge in [-0.25, -0.2) is 0 Å². The van der Waals surface area contributed by atoms with Crippen LogP contribution in [-0.2, 0) is 4.79 Å². The molecule has 1 unspecified atom stereocenters. The summed E-state index contributed by atoms with van der Waals surface area (Å²) in [6.45, 7) is 2.82. The average Bonchev–Trinajstić information content (AvgIpc) is 2.41. The summed E-state index contributed by atoms with van der Waals surface area (Å²) in [5.74, 6) is -0.830. The van der Waals surface area contributed by atoms with Gasteiger partial charge in [0.05, 0.1) is 0 Å². The molecule has 1 amide bonds. The molecule has 1 aromatic carbocycles. The first-order valence-electron chi connectivity index (χ1n) is 6.78. The Balaban J connectivity index is 2.12. The number of aromatic hydroxyl groups is 1. The van der Waals surface area contributed by atoms with Crippen molar-refractivity contribution < 1.29 is 19.8 Å². The lowest BCUT2D eigenvalue weighted by Gasteiger charge is -2.32. The SMILES string of the molecule is Cc1c(O)cccc1C(=O)N1CCCC(CC(=O)O)C1. The van der Waals surface area contributed by atoms with Crippen molar-refractivity contribution in [1.82, 2.24) is 4.90 Å². The number of carbonyl (C=O) groups excluding carboxylic acids is 1. The first kappa shape index (κ1) is 14.4. The van der Waals surface area contributed by atoms with Crippen molar-refractivity contribution in [2.75, 3.05) is 13.1 Å². The summed E-state index contributed by atoms with van der Waals surface area (Å²) >= 11 is 0. The van der Waals surface area contributed by atoms with Gasteiger partial charge in [-0.2, -0.15) is 0 Å². The Kier molecular flexibility index (Phi) is 4.27. The van der Waals surface area contributed by atoms with E-state index in [-0.39, 0.29) is 24.0 Å². The predicted octanol–water partition coefficient (Wildman–Crippen LogP) is 2.03. The van der Waals surface area contributed by atoms with Crippen LogP contribution in [-0.4, -0.2) is 40.1 Å². The standard InChI is InChI=1S/C15H19NO4/c1-10-12(5-2-6-13(10)17)15(20)16-7-3-4-11(9-16)8-14(18)19/h2,5-6,11,17H,3-4,7-9H2,1H3,(H,18,19). The third kappa shape index (κ3) is 3.10. The highest BCUT2D eigenvalue weighted by molar-refractivity contribution is 5.96. The topological polar surface area (TPSA) is 77.8 Å². The number of phenolic OH excluding ortho intramolecular Hbond substituents is 1. The highest BCUT2D eigenvalue weighted by atomic mass is 16.4. The van der Waals surface area contributed by atoms with E-state index in [1.54, 1.807) is 30.0 Å². The number of rotatable bonds is 3. The van der Waals surface area contributed by atoms with Crippen LogP contribution in [0.25, 0.3) is 0 Å². The molecule has 20 heavy (non-hydrogen) atoms. The van der Waals surface area contributed by atoms with Crippen molar-refractivity contribution in [2.24, 2.45) is 5.92 Å². The Bertz CT molecular complexity index is 527. The Morgan fingerprint density at radius 3 is 2.85 bits per heavy atom. The van der Waals surface area contributed by atoms with E-state index in [2.05, 4.69) is 0 Å². The molecule has 5 nitrogen and oxygen atoms in total. The van der Waals surface area contributed by atoms with Gasteiger partial charge in [0.15, 0.2) is 0 Å². The molecule has 0 radical (unpaired) electrons. The molecule has 1 atom stereocenters. The molecule has 1 saturated heterocycles. The third-order valence-corrected chi connectivity index (χ3v) is 3.81. The van der Waals surface area contributed by atoms with Crippen LogP contribution >= 0.6 is 0 Å². The predicted molar refractivity (Wildman–Crippen MR) is 73.7 cm³/mol. The molecular formula is C15H19NO4. The van der Waals surface area contributed by atoms with Gasteiger partial charge >= 0.3 is 5.97 Å². The smallest absolute Gasteiger partial charge is 0.303 e. The van der Waals surface area contributed by atoms with Gasteiger partial charge in [0.25, 0.3) is 5.91 Å². The van der Waals surface area contributed by atoms with Crippen LogP contribution in [0.2, 0.25) is 0 Å². The molecule has 2 rings (SSSR count). The van der Waals surface area contributed by atoms with E-state index in [9.17, 15) is 14.7 Å². The largest absolute Gasteiger partial charge is 0.508 e. The van der Waals surface area contributed by atoms with Crippen LogP contribution in [0.1, 0.15) is 35.2 Å². The lowest BCUT2D eigenvalue weighted by molar-refractivity contribution is -0.138. The second kappa shape index (κ2) is 5.94. The van der Waals surface area contributed by atoms with Crippen molar-refractivity contribution >= 4 is 11.9 Å². The maximum Gasteiger partial charge on any atom is 0.303 e. The monoisotopic (exact) mass is 277 g/mol. The first-order valence-corrected chi connectivity index (χ1v) is 6.78. The summed E-state index contributed by atoms with van der Waals surface area (Å²) in [5.41, 5.74) is 1.05. The quantitative estimate of drug-likeness (QED) is 0.886. The Morgan fingerprint density at radius 2 is 2.15 bits per heavy atom. The number of aliphatic carboxylic acids is 1. The first-order chi connectivity index (χ1) is 9.49. The summed E-state index contributed by atoms with van der Waals surface area (Å²) in [5, 5.41) is 18.5. The highest BCUT2D eigenvalue weighted by Crippen LogP contribution is 2.25. The average molecular weight is 277 g/mol. The summed E-state index contributed by atoms with van der Waals surface area (Å²) in [6.07, 6.45) is 1.76. The van der Waals surface area contributed by atoms with Gasteiger partial charge in [0.1, 0.15) is 5.75 Å². The van der Waals surface area contributed by atoms with Crippen LogP contribution in [0.5, 0.6) is 5.75 Å². The fraction of sp³-hybridized carbons (Fsp3) is 0.467. The molecule has 5 heteroatoms. The van der Waals surface area contributed by atoms with Crippen LogP contribution in [0.15, 0.2) is 18.2 Å². The minimum absolute atomic E-state index is 0.0165. The second-order valence-corrected chi connectivity index (χ2v) is 5.31. The Hall–Kier alpha value is -2.04. The number of phenols is 1. The molecule has 1 aliphatic rings. The van der Waals surface area contributed by atoms with Crippen LogP contribution in [0, 0.1) is 12.8 Å². The summed E-state index contributed by atoms with van der Waals surface area (Å²) < 4.78 is 0. The van der Waals surface area contributed by atoms with Crippen molar-refractivity contribution in [3.63, 3.8) is 0 Å². The van der Waals surface area contributed by atoms with Gasteiger partial charge in [0, 0.05) is 30.6 Å². The zero-order valence-electron chi connectivity index (χ0n) is 11.5. The van der Waals surface area contributed by atoms with Crippen molar-refractivity contribution in [2.45, 2.75) is 26.2 Å². The van der Waals surface area contributed by atoms with Crippen LogP contribution in [0.4, 0.5) is 0 Å². The molecule has 0 saturated carbocycles. The maximum atomic E-state index is 12.5. The van der Waals surface area contributed by atoms with E-state index in [1.165, 1.54) is 0 Å². The number of nitrogens with zero attached hydrogens (tertiary/aromatic N) is 1. The Labute approximate surface area is 117 Å². The number of likely N-dealkylation sites (tertiary alicyclic amines) is 1. The van der Waals surface area contributed by atoms with E-state index in [4.69, 9.17) is 5.11 Å². The van der Waals surface area contributed by atoms with Crippen molar-refractivity contribution in [3.8, 4) is 5.75 Å². The van der Waals surface area contributed by atoms with E-state index in [1.807, 2.05) is 0 Å². The van der Waals surface area contributed by atoms with Gasteiger partial charge in [-0.1, -0.05) is 6.07 Å². The third-order valence-electron chi connectivity index (χ3n) is 3.81. The molecule has 0 bridgehead atoms. The molecule has 1 heterocycles. The molecular weight excluding hydrogens is 258 g/mol. The summed E-state index contributed by atoms with van der Waals surface area (Å²) in [6, 6.07) is 4.89. The summed E-state index contributed by atoms with van der Waals surface area (Å²) in [7, 11) is 0. The van der Waals surface area contributed by atoms with E-state index in [0.29, 0.717) is 24.2 Å². The fourth-order valence-corrected chi connectivity index (χ4v) is 2.69. The van der Waals surface area contributed by atoms with E-state index >= 15 is 0 Å². The molecule has 0 aromatic heterocycles. The number of hydrogen-bond acceptors (Lipinski definition) is 3. The molecule has 0 aliphatic carbocycles. The van der Waals surface area contributed by atoms with Gasteiger partial charge in [0.2, 0.25) is 0 Å². The fourth-order valence-electron chi connectivity index (χ4n) is 2.69. The molecule has 1 aliphatic heterocycles. The molecule has 2 N–H and O–H groups in total. The number of carboxylic acid groups (broad SMARTS) is 1. The zero-order valence-corrected chi connectivity index (χ0v) is 11.5. The number of benzene rings is 1. The molecule has 108 valence electrons. The van der Waals surface area contributed by atoms with Crippen molar-refractivity contribution in [3.05, 3.63) is 29.3 Å². The molecule has 1 fully saturated rings. The van der Waals surface area contributed by atoms with E-state index in [0.717, 1.165) is 12.8 Å². The number of carboxylic acids is 1. The lowest BCUT2D eigenvalue weighted by atomic mass is 9.94. The minimum atomic E-state index is -0.821. The highest BCUT2D eigenvalue weighted by Gasteiger charge is 2.26. The molecule has 1 aromatic rings. The van der Waals surface area contributed by atoms with Crippen LogP contribution in [0.3, 0.4) is 0 Å². The maximum absolute atomic E-state index is 12.5. The number of piperidine rings is 1. The van der Waals surface area contributed by atoms with E-state index < -0.39 is 5.97 Å². The number of hydrogen-bond donors (Lipinski definition) is 2. The van der Waals surface area contributed by atoms with Gasteiger partial charge in [-0.05, 0) is 37.8 Å². The zero-order chi connectivity index (χ0) is 14.7. The second-order valence-electron chi connectivity index (χ2n) is 5.31. The van der Waals surface area contributed by atoms with Gasteiger partial charge < -0.3 is 15.1 Å². The normalized spacial score (nSPS) is 18.9. The van der Waals surface area contributed by atoms with Crippen molar-refractivity contribution in [1.29, 1.82) is 0 Å². The van der Waals surface area contributed by atoms with Gasteiger partial charge in [-0.3, -0.25) is 9.59 Å². The number of amides is 1.